The van der Waals surface area contributed by atoms with Crippen molar-refractivity contribution in [3.63, 3.8) is 0 Å². The summed E-state index contributed by atoms with van der Waals surface area (Å²) in [5, 5.41) is 0. The fourth-order valence-electron chi connectivity index (χ4n) is 4.67. The van der Waals surface area contributed by atoms with E-state index in [1.54, 1.807) is 39.5 Å². The van der Waals surface area contributed by atoms with Crippen LogP contribution >= 0.6 is 0 Å². The Morgan fingerprint density at radius 3 is 1.60 bits per heavy atom. The maximum absolute atomic E-state index is 13.4. The number of ketones is 2. The molecule has 0 aliphatic carbocycles. The predicted octanol–water partition coefficient (Wildman–Crippen LogP) is 6.26. The second-order valence-corrected chi connectivity index (χ2v) is 9.44. The third kappa shape index (κ3) is 6.66. The van der Waals surface area contributed by atoms with Crippen molar-refractivity contribution in [3.8, 4) is 45.6 Å². The van der Waals surface area contributed by atoms with Gasteiger partial charge in [0.05, 0.1) is 42.7 Å². The first kappa shape index (κ1) is 30.0. The van der Waals surface area contributed by atoms with Crippen LogP contribution in [0.2, 0.25) is 0 Å². The molecule has 0 atom stereocenters. The summed E-state index contributed by atoms with van der Waals surface area (Å²) in [5.41, 5.74) is 4.07. The smallest absolute Gasteiger partial charge is 0.233 e. The van der Waals surface area contributed by atoms with E-state index in [1.807, 2.05) is 42.5 Å². The molecule has 0 saturated carbocycles. The highest BCUT2D eigenvalue weighted by Gasteiger charge is 2.22. The first-order chi connectivity index (χ1) is 20.3. The quantitative estimate of drug-likeness (QED) is 0.138. The van der Waals surface area contributed by atoms with Gasteiger partial charge in [0.1, 0.15) is 11.5 Å². The summed E-state index contributed by atoms with van der Waals surface area (Å²) in [6.45, 7) is 0. The van der Waals surface area contributed by atoms with E-state index < -0.39 is 11.6 Å². The minimum Gasteiger partial charge on any atom is -0.497 e. The van der Waals surface area contributed by atoms with E-state index in [4.69, 9.17) is 28.4 Å². The molecule has 4 aromatic rings. The van der Waals surface area contributed by atoms with Crippen LogP contribution in [-0.2, 0) is 12.8 Å². The molecule has 0 bridgehead atoms. The second-order valence-electron chi connectivity index (χ2n) is 9.44. The highest BCUT2D eigenvalue weighted by molar-refractivity contribution is 6.49. The van der Waals surface area contributed by atoms with Gasteiger partial charge in [-0.25, -0.2) is 0 Å². The van der Waals surface area contributed by atoms with Crippen molar-refractivity contribution in [3.05, 3.63) is 95.1 Å². The van der Waals surface area contributed by atoms with E-state index in [1.165, 1.54) is 33.5 Å². The maximum atomic E-state index is 13.4. The number of carbonyl (C=O) groups excluding carboxylic acids is 2. The average Bonchev–Trinajstić information content (AvgIpc) is 3.05. The Balaban J connectivity index is 1.65. The molecule has 8 heteroatoms. The Hall–Kier alpha value is -4.98. The number of rotatable bonds is 13. The van der Waals surface area contributed by atoms with Crippen LogP contribution in [0.15, 0.2) is 72.8 Å². The van der Waals surface area contributed by atoms with Crippen molar-refractivity contribution in [1.29, 1.82) is 0 Å². The van der Waals surface area contributed by atoms with Crippen LogP contribution in [0.3, 0.4) is 0 Å². The molecule has 4 rings (SSSR count). The minimum atomic E-state index is -0.670. The van der Waals surface area contributed by atoms with E-state index >= 15 is 0 Å². The van der Waals surface area contributed by atoms with Crippen LogP contribution in [0, 0.1) is 0 Å². The lowest BCUT2D eigenvalue weighted by Gasteiger charge is -2.13. The van der Waals surface area contributed by atoms with E-state index in [-0.39, 0.29) is 11.1 Å². The largest absolute Gasteiger partial charge is 0.497 e. The lowest BCUT2D eigenvalue weighted by atomic mass is 9.95. The van der Waals surface area contributed by atoms with Crippen LogP contribution in [0.5, 0.6) is 34.5 Å². The molecule has 0 amide bonds. The molecule has 0 aromatic heterocycles. The van der Waals surface area contributed by atoms with Gasteiger partial charge >= 0.3 is 0 Å². The fourth-order valence-corrected chi connectivity index (χ4v) is 4.67. The third-order valence-corrected chi connectivity index (χ3v) is 6.94. The summed E-state index contributed by atoms with van der Waals surface area (Å²) < 4.78 is 32.4. The van der Waals surface area contributed by atoms with Gasteiger partial charge in [-0.1, -0.05) is 12.1 Å². The summed E-state index contributed by atoms with van der Waals surface area (Å²) in [4.78, 5) is 26.6. The molecule has 0 saturated heterocycles. The maximum Gasteiger partial charge on any atom is 0.233 e. The summed E-state index contributed by atoms with van der Waals surface area (Å²) in [5.74, 6) is 1.97. The molecule has 0 unspecified atom stereocenters. The predicted molar refractivity (Wildman–Crippen MR) is 160 cm³/mol. The summed E-state index contributed by atoms with van der Waals surface area (Å²) in [6.07, 6.45) is 1.49. The normalized spacial score (nSPS) is 10.5. The Labute approximate surface area is 245 Å². The molecule has 0 fully saturated rings. The Kier molecular flexibility index (Phi) is 9.70. The van der Waals surface area contributed by atoms with Gasteiger partial charge in [-0.3, -0.25) is 9.59 Å². The van der Waals surface area contributed by atoms with Crippen molar-refractivity contribution in [1.82, 2.24) is 0 Å². The molecule has 42 heavy (non-hydrogen) atoms. The molecule has 8 nitrogen and oxygen atoms in total. The zero-order valence-electron chi connectivity index (χ0n) is 24.6. The van der Waals surface area contributed by atoms with Crippen LogP contribution in [0.1, 0.15) is 31.8 Å². The van der Waals surface area contributed by atoms with E-state index in [2.05, 4.69) is 0 Å². The van der Waals surface area contributed by atoms with Gasteiger partial charge in [-0.05, 0) is 95.8 Å². The van der Waals surface area contributed by atoms with Crippen LogP contribution in [0.4, 0.5) is 0 Å². The number of carbonyl (C=O) groups is 2. The lowest BCUT2D eigenvalue weighted by Crippen LogP contribution is -2.15. The number of aryl methyl sites for hydroxylation is 2. The van der Waals surface area contributed by atoms with Crippen molar-refractivity contribution in [2.24, 2.45) is 0 Å². The summed E-state index contributed by atoms with van der Waals surface area (Å²) in [7, 11) is 9.33. The van der Waals surface area contributed by atoms with Gasteiger partial charge in [0.15, 0.2) is 23.0 Å². The monoisotopic (exact) mass is 570 g/mol. The van der Waals surface area contributed by atoms with E-state index in [0.29, 0.717) is 40.1 Å². The Morgan fingerprint density at radius 1 is 0.452 bits per heavy atom. The van der Waals surface area contributed by atoms with Gasteiger partial charge in [-0.2, -0.15) is 0 Å². The highest BCUT2D eigenvalue weighted by atomic mass is 16.5. The molecular formula is C34H34O8. The number of ether oxygens (including phenoxy) is 6. The number of benzene rings is 4. The van der Waals surface area contributed by atoms with Crippen LogP contribution in [0.25, 0.3) is 11.1 Å². The number of hydrogen-bond acceptors (Lipinski definition) is 8. The fraction of sp³-hybridized carbons (Fsp3) is 0.235. The van der Waals surface area contributed by atoms with Crippen molar-refractivity contribution in [2.45, 2.75) is 12.8 Å². The zero-order valence-corrected chi connectivity index (χ0v) is 24.6. The number of Topliss-reactive ketones (excluding diaryl/α,β-unsaturated/α-hetero) is 2. The van der Waals surface area contributed by atoms with Crippen molar-refractivity contribution in [2.75, 3.05) is 42.7 Å². The summed E-state index contributed by atoms with van der Waals surface area (Å²) in [6, 6.07) is 21.5. The SMILES string of the molecule is COc1cc(CCc2ccc(OC)c(OC)c2)cc(-c2cc(OC)cc(C(=O)C(=O)c3ccc(OC)c(OC)c3)c2)c1. The van der Waals surface area contributed by atoms with E-state index in [0.717, 1.165) is 29.5 Å². The highest BCUT2D eigenvalue weighted by Crippen LogP contribution is 2.33. The van der Waals surface area contributed by atoms with Gasteiger partial charge in [0, 0.05) is 11.1 Å². The molecule has 0 radical (unpaired) electrons. The molecule has 0 aliphatic rings. The molecule has 0 aliphatic heterocycles. The Bertz CT molecular complexity index is 1590. The van der Waals surface area contributed by atoms with Crippen molar-refractivity contribution >= 4 is 11.6 Å². The van der Waals surface area contributed by atoms with Gasteiger partial charge < -0.3 is 28.4 Å². The van der Waals surface area contributed by atoms with Crippen LogP contribution in [-0.4, -0.2) is 54.2 Å². The van der Waals surface area contributed by atoms with Crippen LogP contribution < -0.4 is 28.4 Å². The molecule has 0 N–H and O–H groups in total. The zero-order chi connectivity index (χ0) is 30.2. The van der Waals surface area contributed by atoms with Crippen molar-refractivity contribution < 1.29 is 38.0 Å². The topological polar surface area (TPSA) is 89.5 Å². The number of methoxy groups -OCH3 is 6. The first-order valence-electron chi connectivity index (χ1n) is 13.2. The number of hydrogen-bond donors (Lipinski definition) is 0. The van der Waals surface area contributed by atoms with Gasteiger partial charge in [0.2, 0.25) is 11.6 Å². The Morgan fingerprint density at radius 2 is 0.976 bits per heavy atom. The minimum absolute atomic E-state index is 0.195. The second kappa shape index (κ2) is 13.6. The lowest BCUT2D eigenvalue weighted by molar-refractivity contribution is 0.0816. The first-order valence-corrected chi connectivity index (χ1v) is 13.2. The molecule has 218 valence electrons. The molecular weight excluding hydrogens is 536 g/mol. The van der Waals surface area contributed by atoms with Gasteiger partial charge in [-0.15, -0.1) is 0 Å². The molecule has 0 spiro atoms. The third-order valence-electron chi connectivity index (χ3n) is 6.94. The summed E-state index contributed by atoms with van der Waals surface area (Å²) >= 11 is 0. The van der Waals surface area contributed by atoms with Gasteiger partial charge in [0.25, 0.3) is 0 Å². The standard InChI is InChI=1S/C34H34O8/c1-37-27-14-22(8-7-21-9-11-29(39-3)31(15-21)41-5)13-24(17-27)25-16-26(19-28(18-25)38-2)34(36)33(35)23-10-12-30(40-4)32(20-23)42-6/h9-20H,7-8H2,1-6H3. The molecule has 4 aromatic carbocycles. The average molecular weight is 571 g/mol. The van der Waals surface area contributed by atoms with E-state index in [9.17, 15) is 9.59 Å². The molecule has 0 heterocycles.